The molecule has 1 fully saturated rings. The number of benzene rings is 2. The lowest BCUT2D eigenvalue weighted by Gasteiger charge is -2.31. The van der Waals surface area contributed by atoms with Crippen molar-refractivity contribution in [3.05, 3.63) is 77.3 Å². The molecule has 4 heteroatoms. The summed E-state index contributed by atoms with van der Waals surface area (Å²) >= 11 is 1.48. The van der Waals surface area contributed by atoms with Gasteiger partial charge in [-0.2, -0.15) is 0 Å². The predicted octanol–water partition coefficient (Wildman–Crippen LogP) is 4.83. The summed E-state index contributed by atoms with van der Waals surface area (Å²) in [5.74, 6) is 0.679. The highest BCUT2D eigenvalue weighted by Gasteiger charge is 2.25. The second-order valence-electron chi connectivity index (χ2n) is 6.37. The molecule has 0 aliphatic carbocycles. The number of piperidine rings is 1. The molecule has 1 aliphatic rings. The monoisotopic (exact) mass is 348 g/mol. The number of hydrogen-bond donors (Lipinski definition) is 0. The summed E-state index contributed by atoms with van der Waals surface area (Å²) in [5.41, 5.74) is 2.45. The van der Waals surface area contributed by atoms with Gasteiger partial charge >= 0.3 is 0 Å². The Kier molecular flexibility index (Phi) is 4.61. The van der Waals surface area contributed by atoms with Crippen molar-refractivity contribution in [3.8, 4) is 10.6 Å². The first kappa shape index (κ1) is 16.0. The summed E-state index contributed by atoms with van der Waals surface area (Å²) in [7, 11) is 0. The molecule has 4 rings (SSSR count). The molecule has 0 N–H and O–H groups in total. The number of likely N-dealkylation sites (tertiary alicyclic amines) is 1. The van der Waals surface area contributed by atoms with Crippen molar-refractivity contribution in [2.24, 2.45) is 0 Å². The van der Waals surface area contributed by atoms with Gasteiger partial charge in [0, 0.05) is 18.7 Å². The molecule has 0 bridgehead atoms. The van der Waals surface area contributed by atoms with E-state index in [1.165, 1.54) is 16.9 Å². The molecular formula is C21H20N2OS. The van der Waals surface area contributed by atoms with Crippen LogP contribution in [0.15, 0.2) is 66.9 Å². The molecule has 1 saturated heterocycles. The van der Waals surface area contributed by atoms with Crippen LogP contribution in [0.25, 0.3) is 10.6 Å². The van der Waals surface area contributed by atoms with E-state index in [0.29, 0.717) is 5.92 Å². The maximum atomic E-state index is 12.8. The van der Waals surface area contributed by atoms with Gasteiger partial charge in [-0.3, -0.25) is 4.79 Å². The van der Waals surface area contributed by atoms with Gasteiger partial charge in [0.05, 0.1) is 6.20 Å². The van der Waals surface area contributed by atoms with E-state index in [9.17, 15) is 4.79 Å². The van der Waals surface area contributed by atoms with Crippen LogP contribution in [0.1, 0.15) is 34.0 Å². The summed E-state index contributed by atoms with van der Waals surface area (Å²) in [6.07, 6.45) is 3.78. The summed E-state index contributed by atoms with van der Waals surface area (Å²) in [6.45, 7) is 1.63. The topological polar surface area (TPSA) is 33.2 Å². The molecular weight excluding hydrogens is 328 g/mol. The van der Waals surface area contributed by atoms with E-state index in [-0.39, 0.29) is 5.91 Å². The van der Waals surface area contributed by atoms with Crippen LogP contribution < -0.4 is 0 Å². The molecule has 2 aromatic carbocycles. The zero-order valence-electron chi connectivity index (χ0n) is 14.0. The second kappa shape index (κ2) is 7.19. The normalized spacial score (nSPS) is 15.3. The van der Waals surface area contributed by atoms with Crippen LogP contribution in [0.4, 0.5) is 0 Å². The minimum atomic E-state index is 0.117. The molecule has 0 saturated carbocycles. The number of rotatable bonds is 3. The lowest BCUT2D eigenvalue weighted by atomic mass is 9.89. The van der Waals surface area contributed by atoms with E-state index in [1.54, 1.807) is 6.20 Å². The molecule has 0 radical (unpaired) electrons. The highest BCUT2D eigenvalue weighted by Crippen LogP contribution is 2.30. The van der Waals surface area contributed by atoms with Crippen LogP contribution in [0.5, 0.6) is 0 Å². The van der Waals surface area contributed by atoms with E-state index in [1.807, 2.05) is 35.2 Å². The summed E-state index contributed by atoms with van der Waals surface area (Å²) < 4.78 is 0. The standard InChI is InChI=1S/C21H20N2OS/c24-21(19-15-22-20(25-19)18-9-5-2-6-10-18)23-13-11-17(12-14-23)16-7-3-1-4-8-16/h1-10,15,17H,11-14H2. The minimum Gasteiger partial charge on any atom is -0.338 e. The van der Waals surface area contributed by atoms with Gasteiger partial charge in [-0.25, -0.2) is 4.98 Å². The summed E-state index contributed by atoms with van der Waals surface area (Å²) in [5, 5.41) is 0.906. The van der Waals surface area contributed by atoms with Crippen molar-refractivity contribution in [1.29, 1.82) is 0 Å². The van der Waals surface area contributed by atoms with Gasteiger partial charge in [0.1, 0.15) is 9.88 Å². The molecule has 1 aliphatic heterocycles. The van der Waals surface area contributed by atoms with Crippen LogP contribution in [0.2, 0.25) is 0 Å². The van der Waals surface area contributed by atoms with Crippen molar-refractivity contribution in [3.63, 3.8) is 0 Å². The Labute approximate surface area is 152 Å². The second-order valence-corrected chi connectivity index (χ2v) is 7.40. The third-order valence-electron chi connectivity index (χ3n) is 4.79. The van der Waals surface area contributed by atoms with Gasteiger partial charge in [-0.1, -0.05) is 60.7 Å². The van der Waals surface area contributed by atoms with Crippen molar-refractivity contribution in [2.45, 2.75) is 18.8 Å². The molecule has 0 unspecified atom stereocenters. The number of amides is 1. The molecule has 2 heterocycles. The lowest BCUT2D eigenvalue weighted by molar-refractivity contribution is 0.0717. The molecule has 3 nitrogen and oxygen atoms in total. The van der Waals surface area contributed by atoms with Crippen molar-refractivity contribution in [1.82, 2.24) is 9.88 Å². The number of hydrogen-bond acceptors (Lipinski definition) is 3. The Morgan fingerprint density at radius 1 is 0.960 bits per heavy atom. The van der Waals surface area contributed by atoms with Crippen molar-refractivity contribution < 1.29 is 4.79 Å². The maximum Gasteiger partial charge on any atom is 0.265 e. The van der Waals surface area contributed by atoms with Gasteiger partial charge in [-0.15, -0.1) is 11.3 Å². The fraction of sp³-hybridized carbons (Fsp3) is 0.238. The van der Waals surface area contributed by atoms with Gasteiger partial charge in [0.15, 0.2) is 0 Å². The molecule has 0 spiro atoms. The van der Waals surface area contributed by atoms with Gasteiger partial charge in [0.25, 0.3) is 5.91 Å². The van der Waals surface area contributed by atoms with E-state index >= 15 is 0 Å². The van der Waals surface area contributed by atoms with Gasteiger partial charge in [-0.05, 0) is 24.3 Å². The van der Waals surface area contributed by atoms with Crippen molar-refractivity contribution in [2.75, 3.05) is 13.1 Å². The zero-order valence-corrected chi connectivity index (χ0v) is 14.8. The molecule has 126 valence electrons. The van der Waals surface area contributed by atoms with Crippen LogP contribution in [0, 0.1) is 0 Å². The molecule has 1 aromatic heterocycles. The number of carbonyl (C=O) groups is 1. The first-order valence-electron chi connectivity index (χ1n) is 8.67. The van der Waals surface area contributed by atoms with Crippen LogP contribution >= 0.6 is 11.3 Å². The number of carbonyl (C=O) groups excluding carboxylic acids is 1. The van der Waals surface area contributed by atoms with Crippen LogP contribution in [0.3, 0.4) is 0 Å². The largest absolute Gasteiger partial charge is 0.338 e. The Bertz CT molecular complexity index is 837. The lowest BCUT2D eigenvalue weighted by Crippen LogP contribution is -2.37. The summed E-state index contributed by atoms with van der Waals surface area (Å²) in [4.78, 5) is 19.9. The fourth-order valence-corrected chi connectivity index (χ4v) is 4.27. The third kappa shape index (κ3) is 3.49. The minimum absolute atomic E-state index is 0.117. The zero-order chi connectivity index (χ0) is 17.1. The summed E-state index contributed by atoms with van der Waals surface area (Å²) in [6, 6.07) is 20.6. The Hall–Kier alpha value is -2.46. The van der Waals surface area contributed by atoms with Gasteiger partial charge < -0.3 is 4.90 Å². The SMILES string of the molecule is O=C(c1cnc(-c2ccccc2)s1)N1CCC(c2ccccc2)CC1. The van der Waals surface area contributed by atoms with E-state index in [2.05, 4.69) is 35.3 Å². The first-order chi connectivity index (χ1) is 12.3. The predicted molar refractivity (Wildman–Crippen MR) is 102 cm³/mol. The highest BCUT2D eigenvalue weighted by atomic mass is 32.1. The average molecular weight is 348 g/mol. The Balaban J connectivity index is 1.42. The molecule has 25 heavy (non-hydrogen) atoms. The molecule has 1 amide bonds. The number of thiazole rings is 1. The van der Waals surface area contributed by atoms with E-state index in [0.717, 1.165) is 41.4 Å². The molecule has 0 atom stereocenters. The smallest absolute Gasteiger partial charge is 0.265 e. The van der Waals surface area contributed by atoms with Crippen LogP contribution in [-0.2, 0) is 0 Å². The quantitative estimate of drug-likeness (QED) is 0.679. The Morgan fingerprint density at radius 2 is 1.60 bits per heavy atom. The molecule has 3 aromatic rings. The van der Waals surface area contributed by atoms with Crippen LogP contribution in [-0.4, -0.2) is 28.9 Å². The highest BCUT2D eigenvalue weighted by molar-refractivity contribution is 7.16. The Morgan fingerprint density at radius 3 is 2.28 bits per heavy atom. The van der Waals surface area contributed by atoms with Gasteiger partial charge in [0.2, 0.25) is 0 Å². The van der Waals surface area contributed by atoms with E-state index in [4.69, 9.17) is 0 Å². The third-order valence-corrected chi connectivity index (χ3v) is 5.82. The maximum absolute atomic E-state index is 12.8. The first-order valence-corrected chi connectivity index (χ1v) is 9.48. The van der Waals surface area contributed by atoms with Crippen molar-refractivity contribution >= 4 is 17.2 Å². The number of nitrogens with zero attached hydrogens (tertiary/aromatic N) is 2. The number of aromatic nitrogens is 1. The fourth-order valence-electron chi connectivity index (χ4n) is 3.38. The van der Waals surface area contributed by atoms with E-state index < -0.39 is 0 Å². The average Bonchev–Trinajstić information content (AvgIpc) is 3.19.